The zero-order chi connectivity index (χ0) is 16.6. The highest BCUT2D eigenvalue weighted by molar-refractivity contribution is 5.31. The zero-order valence-corrected chi connectivity index (χ0v) is 13.8. The summed E-state index contributed by atoms with van der Waals surface area (Å²) in [5.74, 6) is 0. The molecule has 24 heavy (non-hydrogen) atoms. The molecule has 0 spiro atoms. The Labute approximate surface area is 143 Å². The Kier molecular flexibility index (Phi) is 5.75. The van der Waals surface area contributed by atoms with Crippen molar-refractivity contribution in [2.45, 2.75) is 19.0 Å². The molecule has 0 radical (unpaired) electrons. The first kappa shape index (κ1) is 16.4. The summed E-state index contributed by atoms with van der Waals surface area (Å²) in [7, 11) is 0. The molecule has 122 valence electrons. The van der Waals surface area contributed by atoms with Gasteiger partial charge >= 0.3 is 0 Å². The summed E-state index contributed by atoms with van der Waals surface area (Å²) in [6.07, 6.45) is 0. The van der Waals surface area contributed by atoms with Gasteiger partial charge in [-0.2, -0.15) is 5.53 Å². The van der Waals surface area contributed by atoms with Crippen molar-refractivity contribution >= 4 is 0 Å². The van der Waals surface area contributed by atoms with Gasteiger partial charge in [0.05, 0.1) is 6.04 Å². The Hall–Kier alpha value is -2.46. The van der Waals surface area contributed by atoms with Crippen LogP contribution in [0.5, 0.6) is 0 Å². The van der Waals surface area contributed by atoms with Gasteiger partial charge in [-0.25, -0.2) is 10.9 Å². The van der Waals surface area contributed by atoms with Crippen molar-refractivity contribution in [1.29, 1.82) is 0 Å². The minimum atomic E-state index is 0.0721. The third kappa shape index (κ3) is 4.30. The van der Waals surface area contributed by atoms with Gasteiger partial charge in [0.2, 0.25) is 0 Å². The first-order chi connectivity index (χ1) is 11.8. The molecule has 0 bridgehead atoms. The maximum absolute atomic E-state index is 3.39. The summed E-state index contributed by atoms with van der Waals surface area (Å²) in [4.78, 5) is 0. The highest BCUT2D eigenvalue weighted by atomic mass is 15.6. The Morgan fingerprint density at radius 1 is 0.542 bits per heavy atom. The third-order valence-corrected chi connectivity index (χ3v) is 4.07. The first-order valence-corrected chi connectivity index (χ1v) is 8.25. The molecule has 0 aliphatic carbocycles. The zero-order valence-electron chi connectivity index (χ0n) is 13.8. The highest BCUT2D eigenvalue weighted by Crippen LogP contribution is 2.20. The molecule has 0 heterocycles. The van der Waals surface area contributed by atoms with Crippen LogP contribution in [0.3, 0.4) is 0 Å². The van der Waals surface area contributed by atoms with Gasteiger partial charge in [0.15, 0.2) is 0 Å². The van der Waals surface area contributed by atoms with Crippen molar-refractivity contribution in [3.8, 4) is 0 Å². The predicted octanol–water partition coefficient (Wildman–Crippen LogP) is 4.14. The lowest BCUT2D eigenvalue weighted by atomic mass is 10.00. The molecule has 0 saturated carbocycles. The lowest BCUT2D eigenvalue weighted by molar-refractivity contribution is 0.364. The summed E-state index contributed by atoms with van der Waals surface area (Å²) in [5, 5.41) is 0. The van der Waals surface area contributed by atoms with Crippen molar-refractivity contribution < 1.29 is 0 Å². The molecule has 3 N–H and O–H groups in total. The summed E-state index contributed by atoms with van der Waals surface area (Å²) in [5.41, 5.74) is 13.5. The van der Waals surface area contributed by atoms with Gasteiger partial charge in [0.1, 0.15) is 0 Å². The molecule has 0 saturated heterocycles. The first-order valence-electron chi connectivity index (χ1n) is 8.25. The molecule has 0 aliphatic heterocycles. The predicted molar refractivity (Wildman–Crippen MR) is 99.0 cm³/mol. The van der Waals surface area contributed by atoms with E-state index >= 15 is 0 Å². The summed E-state index contributed by atoms with van der Waals surface area (Å²) < 4.78 is 0. The van der Waals surface area contributed by atoms with Crippen LogP contribution in [0.25, 0.3) is 0 Å². The summed E-state index contributed by atoms with van der Waals surface area (Å²) in [6.45, 7) is 2.13. The van der Waals surface area contributed by atoms with Gasteiger partial charge in [-0.3, -0.25) is 0 Å². The van der Waals surface area contributed by atoms with E-state index in [0.717, 1.165) is 0 Å². The number of hydrogen-bond donors (Lipinski definition) is 3. The average Bonchev–Trinajstić information content (AvgIpc) is 2.67. The summed E-state index contributed by atoms with van der Waals surface area (Å²) >= 11 is 0. The highest BCUT2D eigenvalue weighted by Gasteiger charge is 2.13. The molecule has 0 unspecified atom stereocenters. The Morgan fingerprint density at radius 2 is 0.958 bits per heavy atom. The van der Waals surface area contributed by atoms with Crippen LogP contribution in [0.4, 0.5) is 0 Å². The van der Waals surface area contributed by atoms with E-state index in [1.165, 1.54) is 16.7 Å². The van der Waals surface area contributed by atoms with Crippen LogP contribution in [0.15, 0.2) is 91.0 Å². The van der Waals surface area contributed by atoms with Crippen LogP contribution in [-0.4, -0.2) is 0 Å². The van der Waals surface area contributed by atoms with Crippen LogP contribution in [-0.2, 0) is 0 Å². The Bertz CT molecular complexity index is 674. The third-order valence-electron chi connectivity index (χ3n) is 4.07. The van der Waals surface area contributed by atoms with Crippen molar-refractivity contribution in [3.05, 3.63) is 108 Å². The van der Waals surface area contributed by atoms with E-state index < -0.39 is 0 Å². The maximum atomic E-state index is 3.39. The molecule has 1 atom stereocenters. The van der Waals surface area contributed by atoms with Gasteiger partial charge in [-0.1, -0.05) is 91.0 Å². The second kappa shape index (κ2) is 8.41. The molecular weight excluding hydrogens is 294 g/mol. The Balaban J connectivity index is 1.67. The van der Waals surface area contributed by atoms with E-state index in [1.807, 2.05) is 18.2 Å². The van der Waals surface area contributed by atoms with E-state index in [9.17, 15) is 0 Å². The lowest BCUT2D eigenvalue weighted by Crippen LogP contribution is -2.46. The van der Waals surface area contributed by atoms with Crippen molar-refractivity contribution in [3.63, 3.8) is 0 Å². The molecule has 0 aliphatic rings. The lowest BCUT2D eigenvalue weighted by Gasteiger charge is -2.23. The Morgan fingerprint density at radius 3 is 1.42 bits per heavy atom. The molecule has 0 fully saturated rings. The molecule has 3 heteroatoms. The number of hydrazine groups is 2. The van der Waals surface area contributed by atoms with E-state index in [0.29, 0.717) is 0 Å². The van der Waals surface area contributed by atoms with Crippen LogP contribution >= 0.6 is 0 Å². The van der Waals surface area contributed by atoms with E-state index in [-0.39, 0.29) is 12.1 Å². The van der Waals surface area contributed by atoms with E-state index in [1.54, 1.807) is 0 Å². The fourth-order valence-electron chi connectivity index (χ4n) is 2.70. The standard InChI is InChI=1S/C21H23N3/c1-17(18-11-5-2-6-12-18)22-24-23-21(19-13-7-3-8-14-19)20-15-9-4-10-16-20/h2-17,21-24H,1H3/t17-/m0/s1. The molecule has 0 amide bonds. The van der Waals surface area contributed by atoms with Gasteiger partial charge in [0.25, 0.3) is 0 Å². The summed E-state index contributed by atoms with van der Waals surface area (Å²) in [6, 6.07) is 31.5. The molecular formula is C21H23N3. The van der Waals surface area contributed by atoms with Gasteiger partial charge in [-0.15, -0.1) is 0 Å². The number of hydrogen-bond acceptors (Lipinski definition) is 3. The number of rotatable bonds is 7. The number of nitrogens with one attached hydrogen (secondary N) is 3. The van der Waals surface area contributed by atoms with E-state index in [4.69, 9.17) is 0 Å². The fraction of sp³-hybridized carbons (Fsp3) is 0.143. The second-order valence-electron chi connectivity index (χ2n) is 5.80. The van der Waals surface area contributed by atoms with Crippen LogP contribution in [0.1, 0.15) is 35.7 Å². The minimum Gasteiger partial charge on any atom is -0.237 e. The van der Waals surface area contributed by atoms with Crippen LogP contribution < -0.4 is 16.4 Å². The smallest absolute Gasteiger partial charge is 0.0725 e. The topological polar surface area (TPSA) is 36.1 Å². The molecule has 3 aromatic carbocycles. The van der Waals surface area contributed by atoms with E-state index in [2.05, 4.69) is 96.1 Å². The SMILES string of the molecule is C[C@H](NNNC(c1ccccc1)c1ccccc1)c1ccccc1. The van der Waals surface area contributed by atoms with Gasteiger partial charge in [0, 0.05) is 6.04 Å². The maximum Gasteiger partial charge on any atom is 0.0725 e. The van der Waals surface area contributed by atoms with Crippen molar-refractivity contribution in [2.75, 3.05) is 0 Å². The molecule has 3 rings (SSSR count). The van der Waals surface area contributed by atoms with Crippen LogP contribution in [0, 0.1) is 0 Å². The minimum absolute atomic E-state index is 0.0721. The largest absolute Gasteiger partial charge is 0.237 e. The fourth-order valence-corrected chi connectivity index (χ4v) is 2.70. The average molecular weight is 317 g/mol. The monoisotopic (exact) mass is 317 g/mol. The van der Waals surface area contributed by atoms with Crippen molar-refractivity contribution in [2.24, 2.45) is 0 Å². The van der Waals surface area contributed by atoms with Crippen LogP contribution in [0.2, 0.25) is 0 Å². The molecule has 3 nitrogen and oxygen atoms in total. The van der Waals surface area contributed by atoms with Gasteiger partial charge < -0.3 is 0 Å². The number of benzene rings is 3. The second-order valence-corrected chi connectivity index (χ2v) is 5.80. The molecule has 0 aromatic heterocycles. The molecule has 3 aromatic rings. The van der Waals surface area contributed by atoms with Crippen molar-refractivity contribution in [1.82, 2.24) is 16.4 Å². The normalized spacial score (nSPS) is 12.2. The van der Waals surface area contributed by atoms with Gasteiger partial charge in [-0.05, 0) is 23.6 Å². The quantitative estimate of drug-likeness (QED) is 0.573.